The lowest BCUT2D eigenvalue weighted by atomic mass is 10.2. The minimum absolute atomic E-state index is 0.101. The van der Waals surface area contributed by atoms with E-state index in [-0.39, 0.29) is 23.9 Å². The van der Waals surface area contributed by atoms with Crippen LogP contribution in [0.2, 0.25) is 0 Å². The first-order valence-corrected chi connectivity index (χ1v) is 9.92. The van der Waals surface area contributed by atoms with Gasteiger partial charge in [0.25, 0.3) is 0 Å². The minimum Gasteiger partial charge on any atom is -0.497 e. The molecule has 146 valence electrons. The maximum Gasteiger partial charge on any atom is 0.240 e. The largest absolute Gasteiger partial charge is 0.497 e. The normalized spacial score (nSPS) is 11.1. The van der Waals surface area contributed by atoms with Gasteiger partial charge in [-0.15, -0.1) is 0 Å². The molecular weight excluding hydrogens is 366 g/mol. The smallest absolute Gasteiger partial charge is 0.240 e. The van der Waals surface area contributed by atoms with E-state index in [0.29, 0.717) is 5.75 Å². The van der Waals surface area contributed by atoms with Gasteiger partial charge < -0.3 is 14.5 Å². The van der Waals surface area contributed by atoms with Gasteiger partial charge in [-0.25, -0.2) is 13.1 Å². The van der Waals surface area contributed by atoms with Crippen LogP contribution in [-0.4, -0.2) is 48.6 Å². The van der Waals surface area contributed by atoms with Crippen molar-refractivity contribution in [1.82, 2.24) is 4.72 Å². The Labute approximate surface area is 160 Å². The maximum absolute atomic E-state index is 12.4. The number of hydrogen-bond acceptors (Lipinski definition) is 5. The first-order valence-electron chi connectivity index (χ1n) is 8.44. The second-order valence-electron chi connectivity index (χ2n) is 6.15. The number of carbonyl (C=O) groups is 1. The van der Waals surface area contributed by atoms with Crippen molar-refractivity contribution < 1.29 is 17.9 Å². The van der Waals surface area contributed by atoms with Crippen LogP contribution in [0.5, 0.6) is 5.75 Å². The topological polar surface area (TPSA) is 79.0 Å². The van der Waals surface area contributed by atoms with Gasteiger partial charge in [-0.2, -0.15) is 0 Å². The average molecular weight is 391 g/mol. The fourth-order valence-corrected chi connectivity index (χ4v) is 3.55. The number of sulfonamides is 1. The Hall–Kier alpha value is -2.58. The summed E-state index contributed by atoms with van der Waals surface area (Å²) >= 11 is 0. The summed E-state index contributed by atoms with van der Waals surface area (Å²) in [5.74, 6) is 0.425. The van der Waals surface area contributed by atoms with Gasteiger partial charge in [-0.3, -0.25) is 4.79 Å². The van der Waals surface area contributed by atoms with E-state index in [4.69, 9.17) is 4.74 Å². The summed E-state index contributed by atoms with van der Waals surface area (Å²) in [4.78, 5) is 15.6. The van der Waals surface area contributed by atoms with Gasteiger partial charge in [0.1, 0.15) is 5.75 Å². The zero-order valence-electron chi connectivity index (χ0n) is 16.0. The van der Waals surface area contributed by atoms with Gasteiger partial charge in [0.2, 0.25) is 15.9 Å². The number of hydrogen-bond donors (Lipinski definition) is 1. The van der Waals surface area contributed by atoms with E-state index in [0.717, 1.165) is 11.4 Å². The molecular formula is C19H25N3O4S. The Morgan fingerprint density at radius 1 is 1.00 bits per heavy atom. The predicted molar refractivity (Wildman–Crippen MR) is 107 cm³/mol. The molecule has 0 aliphatic rings. The summed E-state index contributed by atoms with van der Waals surface area (Å²) in [6.07, 6.45) is 0. The summed E-state index contributed by atoms with van der Waals surface area (Å²) in [5.41, 5.74) is 1.74. The Bertz CT molecular complexity index is 863. The fraction of sp³-hybridized carbons (Fsp3) is 0.316. The number of rotatable bonds is 8. The third-order valence-corrected chi connectivity index (χ3v) is 5.53. The van der Waals surface area contributed by atoms with Crippen molar-refractivity contribution in [2.24, 2.45) is 0 Å². The Balaban J connectivity index is 2.04. The molecule has 0 fully saturated rings. The number of anilines is 2. The number of benzene rings is 2. The van der Waals surface area contributed by atoms with Crippen LogP contribution >= 0.6 is 0 Å². The first-order chi connectivity index (χ1) is 12.7. The molecule has 0 aromatic heterocycles. The summed E-state index contributed by atoms with van der Waals surface area (Å²) in [6.45, 7) is 1.78. The van der Waals surface area contributed by atoms with E-state index in [1.807, 2.05) is 43.3 Å². The molecule has 2 rings (SSSR count). The molecule has 8 heteroatoms. The average Bonchev–Trinajstić information content (AvgIpc) is 2.65. The second-order valence-corrected chi connectivity index (χ2v) is 7.92. The monoisotopic (exact) mass is 391 g/mol. The van der Waals surface area contributed by atoms with Gasteiger partial charge in [-0.1, -0.05) is 0 Å². The summed E-state index contributed by atoms with van der Waals surface area (Å²) in [7, 11) is 1.73. The number of ether oxygens (including phenoxy) is 1. The molecule has 0 radical (unpaired) electrons. The zero-order valence-corrected chi connectivity index (χ0v) is 16.8. The van der Waals surface area contributed by atoms with Crippen molar-refractivity contribution in [3.8, 4) is 5.75 Å². The van der Waals surface area contributed by atoms with Crippen LogP contribution in [0, 0.1) is 0 Å². The highest BCUT2D eigenvalue weighted by Crippen LogP contribution is 2.20. The molecule has 27 heavy (non-hydrogen) atoms. The van der Waals surface area contributed by atoms with Crippen LogP contribution in [-0.2, 0) is 14.8 Å². The van der Waals surface area contributed by atoms with E-state index in [1.165, 1.54) is 31.1 Å². The van der Waals surface area contributed by atoms with E-state index < -0.39 is 10.0 Å². The van der Waals surface area contributed by atoms with Gasteiger partial charge >= 0.3 is 0 Å². The van der Waals surface area contributed by atoms with Gasteiger partial charge in [0, 0.05) is 45.5 Å². The maximum atomic E-state index is 12.4. The third-order valence-electron chi connectivity index (χ3n) is 4.06. The van der Waals surface area contributed by atoms with Crippen LogP contribution in [0.3, 0.4) is 0 Å². The highest BCUT2D eigenvalue weighted by molar-refractivity contribution is 7.89. The summed E-state index contributed by atoms with van der Waals surface area (Å²) in [6, 6.07) is 13.6. The van der Waals surface area contributed by atoms with E-state index in [1.54, 1.807) is 12.1 Å². The highest BCUT2D eigenvalue weighted by Gasteiger charge is 2.16. The standard InChI is InChI=1S/C19H25N3O4S/c1-15(23)22(17-7-5-16(6-8-17)21(2)3)14-13-20-27(24,25)19-11-9-18(26-4)10-12-19/h5-12,20H,13-14H2,1-4H3. The lowest BCUT2D eigenvalue weighted by Gasteiger charge is -2.22. The molecule has 0 aliphatic carbocycles. The van der Waals surface area contributed by atoms with Gasteiger partial charge in [0.05, 0.1) is 12.0 Å². The lowest BCUT2D eigenvalue weighted by molar-refractivity contribution is -0.116. The van der Waals surface area contributed by atoms with Crippen molar-refractivity contribution in [3.63, 3.8) is 0 Å². The number of carbonyl (C=O) groups excluding carboxylic acids is 1. The summed E-state index contributed by atoms with van der Waals surface area (Å²) < 4.78 is 32.3. The van der Waals surface area contributed by atoms with Crippen LogP contribution < -0.4 is 19.3 Å². The number of nitrogens with one attached hydrogen (secondary N) is 1. The molecule has 1 amide bonds. The van der Waals surface area contributed by atoms with Gasteiger partial charge in [-0.05, 0) is 48.5 Å². The van der Waals surface area contributed by atoms with E-state index >= 15 is 0 Å². The molecule has 2 aromatic carbocycles. The van der Waals surface area contributed by atoms with Crippen LogP contribution in [0.25, 0.3) is 0 Å². The van der Waals surface area contributed by atoms with Crippen molar-refractivity contribution in [3.05, 3.63) is 48.5 Å². The first kappa shape index (κ1) is 20.7. The molecule has 0 spiro atoms. The molecule has 0 bridgehead atoms. The van der Waals surface area contributed by atoms with Crippen molar-refractivity contribution in [1.29, 1.82) is 0 Å². The van der Waals surface area contributed by atoms with Crippen LogP contribution in [0.15, 0.2) is 53.4 Å². The van der Waals surface area contributed by atoms with Crippen LogP contribution in [0.1, 0.15) is 6.92 Å². The van der Waals surface area contributed by atoms with Gasteiger partial charge in [0.15, 0.2) is 0 Å². The molecule has 0 heterocycles. The molecule has 0 atom stereocenters. The molecule has 7 nitrogen and oxygen atoms in total. The number of amides is 1. The Morgan fingerprint density at radius 3 is 2.04 bits per heavy atom. The molecule has 0 unspecified atom stereocenters. The second kappa shape index (κ2) is 8.88. The zero-order chi connectivity index (χ0) is 20.0. The molecule has 0 saturated heterocycles. The molecule has 0 aliphatic heterocycles. The lowest BCUT2D eigenvalue weighted by Crippen LogP contribution is -2.37. The SMILES string of the molecule is COc1ccc(S(=O)(=O)NCCN(C(C)=O)c2ccc(N(C)C)cc2)cc1. The fourth-order valence-electron chi connectivity index (χ4n) is 2.53. The van der Waals surface area contributed by atoms with Crippen molar-refractivity contribution >= 4 is 27.3 Å². The predicted octanol–water partition coefficient (Wildman–Crippen LogP) is 2.09. The molecule has 0 saturated carbocycles. The van der Waals surface area contributed by atoms with Crippen molar-refractivity contribution in [2.45, 2.75) is 11.8 Å². The van der Waals surface area contributed by atoms with Crippen LogP contribution in [0.4, 0.5) is 11.4 Å². The molecule has 1 N–H and O–H groups in total. The quantitative estimate of drug-likeness (QED) is 0.745. The van der Waals surface area contributed by atoms with Crippen molar-refractivity contribution in [2.75, 3.05) is 44.1 Å². The Kier molecular flexibility index (Phi) is 6.81. The minimum atomic E-state index is -3.66. The Morgan fingerprint density at radius 2 is 1.56 bits per heavy atom. The molecule has 2 aromatic rings. The van der Waals surface area contributed by atoms with E-state index in [9.17, 15) is 13.2 Å². The number of methoxy groups -OCH3 is 1. The summed E-state index contributed by atoms with van der Waals surface area (Å²) in [5, 5.41) is 0. The third kappa shape index (κ3) is 5.45. The highest BCUT2D eigenvalue weighted by atomic mass is 32.2. The van der Waals surface area contributed by atoms with E-state index in [2.05, 4.69) is 4.72 Å². The number of nitrogens with zero attached hydrogens (tertiary/aromatic N) is 2.